The molecule has 108 valence electrons. The third kappa shape index (κ3) is 3.06. The highest BCUT2D eigenvalue weighted by Gasteiger charge is 2.09. The summed E-state index contributed by atoms with van der Waals surface area (Å²) >= 11 is 0. The molecule has 0 fully saturated rings. The maximum Gasteiger partial charge on any atom is 0.227 e. The molecule has 0 amide bonds. The molecule has 3 rings (SSSR count). The van der Waals surface area contributed by atoms with E-state index < -0.39 is 0 Å². The SMILES string of the molecule is OCCNc1nc(NCc2cccnc2)nc2nc[nH]c12. The molecule has 8 heteroatoms. The first-order valence-corrected chi connectivity index (χ1v) is 6.55. The van der Waals surface area contributed by atoms with E-state index in [0.29, 0.717) is 30.5 Å². The van der Waals surface area contributed by atoms with Crippen molar-refractivity contribution in [3.63, 3.8) is 0 Å². The Morgan fingerprint density at radius 3 is 3.00 bits per heavy atom. The first kappa shape index (κ1) is 13.3. The van der Waals surface area contributed by atoms with Crippen molar-refractivity contribution in [2.24, 2.45) is 0 Å². The van der Waals surface area contributed by atoms with E-state index in [9.17, 15) is 0 Å². The predicted molar refractivity (Wildman–Crippen MR) is 78.8 cm³/mol. The molecule has 0 saturated carbocycles. The van der Waals surface area contributed by atoms with Crippen LogP contribution in [0.2, 0.25) is 0 Å². The van der Waals surface area contributed by atoms with Gasteiger partial charge in [0, 0.05) is 25.5 Å². The third-order valence-electron chi connectivity index (χ3n) is 2.86. The Morgan fingerprint density at radius 2 is 2.19 bits per heavy atom. The van der Waals surface area contributed by atoms with Crippen LogP contribution in [-0.2, 0) is 6.54 Å². The molecule has 3 heterocycles. The molecule has 3 aromatic heterocycles. The number of aliphatic hydroxyl groups is 1. The van der Waals surface area contributed by atoms with Crippen molar-refractivity contribution in [1.82, 2.24) is 24.9 Å². The molecular weight excluding hydrogens is 270 g/mol. The number of hydrogen-bond acceptors (Lipinski definition) is 7. The minimum absolute atomic E-state index is 0.0259. The summed E-state index contributed by atoms with van der Waals surface area (Å²) in [5.74, 6) is 1.08. The second-order valence-electron chi connectivity index (χ2n) is 4.36. The van der Waals surface area contributed by atoms with Crippen LogP contribution in [0.3, 0.4) is 0 Å². The van der Waals surface area contributed by atoms with E-state index in [0.717, 1.165) is 11.1 Å². The van der Waals surface area contributed by atoms with Crippen LogP contribution >= 0.6 is 0 Å². The number of imidazole rings is 1. The van der Waals surface area contributed by atoms with Crippen LogP contribution in [0.1, 0.15) is 5.56 Å². The maximum atomic E-state index is 8.92. The van der Waals surface area contributed by atoms with E-state index in [2.05, 4.69) is 35.6 Å². The minimum atomic E-state index is 0.0259. The van der Waals surface area contributed by atoms with Gasteiger partial charge in [0.2, 0.25) is 5.95 Å². The number of nitrogens with one attached hydrogen (secondary N) is 3. The molecule has 0 aliphatic heterocycles. The summed E-state index contributed by atoms with van der Waals surface area (Å²) < 4.78 is 0. The molecule has 0 aromatic carbocycles. The molecule has 0 radical (unpaired) electrons. The Balaban J connectivity index is 1.81. The van der Waals surface area contributed by atoms with Gasteiger partial charge in [-0.05, 0) is 11.6 Å². The van der Waals surface area contributed by atoms with E-state index in [1.54, 1.807) is 18.7 Å². The highest BCUT2D eigenvalue weighted by atomic mass is 16.3. The standard InChI is InChI=1S/C13H15N7O/c21-5-4-15-11-10-12(18-8-17-10)20-13(19-11)16-7-9-2-1-3-14-6-9/h1-3,6,8,21H,4-5,7H2,(H3,15,16,17,18,19,20). The largest absolute Gasteiger partial charge is 0.395 e. The monoisotopic (exact) mass is 285 g/mol. The number of nitrogens with zero attached hydrogens (tertiary/aromatic N) is 4. The minimum Gasteiger partial charge on any atom is -0.395 e. The molecule has 4 N–H and O–H groups in total. The number of anilines is 2. The number of aromatic amines is 1. The van der Waals surface area contributed by atoms with E-state index in [-0.39, 0.29) is 6.61 Å². The molecule has 21 heavy (non-hydrogen) atoms. The normalized spacial score (nSPS) is 10.7. The Kier molecular flexibility index (Phi) is 3.88. The van der Waals surface area contributed by atoms with Gasteiger partial charge in [-0.15, -0.1) is 0 Å². The fraction of sp³-hybridized carbons (Fsp3) is 0.231. The van der Waals surface area contributed by atoms with Crippen molar-refractivity contribution < 1.29 is 5.11 Å². The second-order valence-corrected chi connectivity index (χ2v) is 4.36. The fourth-order valence-electron chi connectivity index (χ4n) is 1.90. The number of aromatic nitrogens is 5. The van der Waals surface area contributed by atoms with Gasteiger partial charge in [-0.1, -0.05) is 6.07 Å². The topological polar surface area (TPSA) is 112 Å². The lowest BCUT2D eigenvalue weighted by atomic mass is 10.3. The average Bonchev–Trinajstić information content (AvgIpc) is 3.00. The number of fused-ring (bicyclic) bond motifs is 1. The lowest BCUT2D eigenvalue weighted by Crippen LogP contribution is -2.10. The maximum absolute atomic E-state index is 8.92. The van der Waals surface area contributed by atoms with Crippen molar-refractivity contribution in [2.75, 3.05) is 23.8 Å². The highest BCUT2D eigenvalue weighted by Crippen LogP contribution is 2.18. The van der Waals surface area contributed by atoms with E-state index in [1.165, 1.54) is 0 Å². The Hall–Kier alpha value is -2.74. The highest BCUT2D eigenvalue weighted by molar-refractivity contribution is 5.83. The fourth-order valence-corrected chi connectivity index (χ4v) is 1.90. The predicted octanol–water partition coefficient (Wildman–Crippen LogP) is 0.764. The summed E-state index contributed by atoms with van der Waals surface area (Å²) in [5, 5.41) is 15.1. The van der Waals surface area contributed by atoms with Gasteiger partial charge in [0.1, 0.15) is 5.52 Å². The van der Waals surface area contributed by atoms with E-state index in [4.69, 9.17) is 5.11 Å². The summed E-state index contributed by atoms with van der Waals surface area (Å²) in [5.41, 5.74) is 2.32. The van der Waals surface area contributed by atoms with Gasteiger partial charge < -0.3 is 20.7 Å². The van der Waals surface area contributed by atoms with Crippen LogP contribution in [0.5, 0.6) is 0 Å². The van der Waals surface area contributed by atoms with E-state index >= 15 is 0 Å². The van der Waals surface area contributed by atoms with Crippen LogP contribution in [0.15, 0.2) is 30.9 Å². The van der Waals surface area contributed by atoms with Gasteiger partial charge in [-0.3, -0.25) is 4.98 Å². The Labute approximate surface area is 120 Å². The molecular formula is C13H15N7O. The quantitative estimate of drug-likeness (QED) is 0.529. The van der Waals surface area contributed by atoms with Crippen LogP contribution in [-0.4, -0.2) is 43.2 Å². The lowest BCUT2D eigenvalue weighted by Gasteiger charge is -2.08. The van der Waals surface area contributed by atoms with Crippen LogP contribution < -0.4 is 10.6 Å². The number of rotatable bonds is 6. The van der Waals surface area contributed by atoms with Crippen molar-refractivity contribution in [2.45, 2.75) is 6.54 Å². The number of H-pyrrole nitrogens is 1. The van der Waals surface area contributed by atoms with E-state index in [1.807, 2.05) is 12.1 Å². The molecule has 0 aliphatic rings. The van der Waals surface area contributed by atoms with Crippen LogP contribution in [0.25, 0.3) is 11.2 Å². The lowest BCUT2D eigenvalue weighted by molar-refractivity contribution is 0.311. The van der Waals surface area contributed by atoms with Crippen LogP contribution in [0, 0.1) is 0 Å². The van der Waals surface area contributed by atoms with Gasteiger partial charge in [0.25, 0.3) is 0 Å². The molecule has 8 nitrogen and oxygen atoms in total. The first-order valence-electron chi connectivity index (χ1n) is 6.55. The molecule has 0 unspecified atom stereocenters. The number of pyridine rings is 1. The summed E-state index contributed by atoms with van der Waals surface area (Å²) in [6, 6.07) is 3.85. The second kappa shape index (κ2) is 6.14. The van der Waals surface area contributed by atoms with Gasteiger partial charge in [0.15, 0.2) is 11.5 Å². The average molecular weight is 285 g/mol. The Morgan fingerprint density at radius 1 is 1.24 bits per heavy atom. The summed E-state index contributed by atoms with van der Waals surface area (Å²) in [7, 11) is 0. The smallest absolute Gasteiger partial charge is 0.227 e. The molecule has 0 saturated heterocycles. The van der Waals surface area contributed by atoms with Crippen molar-refractivity contribution in [3.8, 4) is 0 Å². The van der Waals surface area contributed by atoms with Crippen LogP contribution in [0.4, 0.5) is 11.8 Å². The molecule has 3 aromatic rings. The zero-order chi connectivity index (χ0) is 14.5. The first-order chi connectivity index (χ1) is 10.4. The van der Waals surface area contributed by atoms with Crippen molar-refractivity contribution in [3.05, 3.63) is 36.4 Å². The van der Waals surface area contributed by atoms with Gasteiger partial charge in [-0.2, -0.15) is 9.97 Å². The number of hydrogen-bond donors (Lipinski definition) is 4. The Bertz CT molecular complexity index is 713. The zero-order valence-corrected chi connectivity index (χ0v) is 11.2. The van der Waals surface area contributed by atoms with Crippen molar-refractivity contribution in [1.29, 1.82) is 0 Å². The summed E-state index contributed by atoms with van der Waals surface area (Å²) in [6.07, 6.45) is 5.08. The third-order valence-corrected chi connectivity index (χ3v) is 2.86. The summed E-state index contributed by atoms with van der Waals surface area (Å²) in [4.78, 5) is 19.9. The molecule has 0 spiro atoms. The van der Waals surface area contributed by atoms with Gasteiger partial charge in [0.05, 0.1) is 12.9 Å². The molecule has 0 bridgehead atoms. The van der Waals surface area contributed by atoms with Crippen molar-refractivity contribution >= 4 is 22.9 Å². The summed E-state index contributed by atoms with van der Waals surface area (Å²) in [6.45, 7) is 1.01. The zero-order valence-electron chi connectivity index (χ0n) is 11.2. The van der Waals surface area contributed by atoms with Gasteiger partial charge in [-0.25, -0.2) is 4.98 Å². The van der Waals surface area contributed by atoms with Gasteiger partial charge >= 0.3 is 0 Å². The number of aliphatic hydroxyl groups excluding tert-OH is 1. The molecule has 0 atom stereocenters. The molecule has 0 aliphatic carbocycles.